The molecule has 1 unspecified atom stereocenters. The van der Waals surface area contributed by atoms with Gasteiger partial charge in [-0.25, -0.2) is 9.37 Å². The third kappa shape index (κ3) is 3.81. The molecular formula is C23H18ClF4N5O. The number of nitrogens with two attached hydrogens (primary N) is 1. The summed E-state index contributed by atoms with van der Waals surface area (Å²) in [6, 6.07) is 4.70. The molecule has 0 radical (unpaired) electrons. The van der Waals surface area contributed by atoms with Crippen molar-refractivity contribution in [2.45, 2.75) is 37.5 Å². The summed E-state index contributed by atoms with van der Waals surface area (Å²) < 4.78 is 53.7. The van der Waals surface area contributed by atoms with Crippen molar-refractivity contribution in [3.05, 3.63) is 70.7 Å². The number of H-pyrrole nitrogens is 1. The number of nitrogens with zero attached hydrogens (tertiary/aromatic N) is 3. The van der Waals surface area contributed by atoms with Crippen LogP contribution in [0.4, 0.5) is 23.2 Å². The number of hydrogen-bond acceptors (Lipinski definition) is 4. The maximum atomic E-state index is 14.7. The SMILES string of the molecule is Nc1ccc(Cl)c(F)c1C1=CC(=O)N2C(CC[C@H]2c2ncc(-c3ccnc(C(F)(F)F)c3)[nH]2)C1. The average molecular weight is 492 g/mol. The Morgan fingerprint density at radius 3 is 2.74 bits per heavy atom. The van der Waals surface area contributed by atoms with Gasteiger partial charge in [0.25, 0.3) is 0 Å². The Morgan fingerprint density at radius 2 is 1.97 bits per heavy atom. The van der Waals surface area contributed by atoms with Gasteiger partial charge in [-0.3, -0.25) is 9.78 Å². The fourth-order valence-electron chi connectivity index (χ4n) is 4.69. The highest BCUT2D eigenvalue weighted by atomic mass is 35.5. The summed E-state index contributed by atoms with van der Waals surface area (Å²) in [6.45, 7) is 0. The van der Waals surface area contributed by atoms with Gasteiger partial charge in [0.05, 0.1) is 23.0 Å². The lowest BCUT2D eigenvalue weighted by Crippen LogP contribution is -2.39. The molecular weight excluding hydrogens is 474 g/mol. The molecule has 2 aromatic heterocycles. The minimum atomic E-state index is -4.56. The molecule has 5 rings (SSSR count). The van der Waals surface area contributed by atoms with Gasteiger partial charge in [-0.2, -0.15) is 13.2 Å². The first kappa shape index (κ1) is 22.4. The van der Waals surface area contributed by atoms with Crippen LogP contribution in [-0.4, -0.2) is 31.8 Å². The number of amides is 1. The quantitative estimate of drug-likeness (QED) is 0.380. The molecule has 3 aromatic rings. The summed E-state index contributed by atoms with van der Waals surface area (Å²) >= 11 is 5.91. The van der Waals surface area contributed by atoms with Crippen LogP contribution < -0.4 is 5.73 Å². The maximum Gasteiger partial charge on any atom is 0.433 e. The van der Waals surface area contributed by atoms with E-state index in [1.54, 1.807) is 4.90 Å². The van der Waals surface area contributed by atoms with Crippen LogP contribution in [0.25, 0.3) is 16.8 Å². The summed E-state index contributed by atoms with van der Waals surface area (Å²) in [4.78, 5) is 25.5. The molecule has 6 nitrogen and oxygen atoms in total. The van der Waals surface area contributed by atoms with Crippen LogP contribution in [0.3, 0.4) is 0 Å². The number of aromatic nitrogens is 3. The Kier molecular flexibility index (Phi) is 5.35. The molecule has 176 valence electrons. The van der Waals surface area contributed by atoms with Crippen molar-refractivity contribution in [2.75, 3.05) is 5.73 Å². The summed E-state index contributed by atoms with van der Waals surface area (Å²) in [5.41, 5.74) is 6.47. The number of imidazole rings is 1. The number of nitrogens with one attached hydrogen (secondary N) is 1. The number of aromatic amines is 1. The minimum Gasteiger partial charge on any atom is -0.398 e. The van der Waals surface area contributed by atoms with Crippen LogP contribution in [0.15, 0.2) is 42.7 Å². The van der Waals surface area contributed by atoms with Crippen molar-refractivity contribution in [1.82, 2.24) is 19.9 Å². The Hall–Kier alpha value is -3.40. The van der Waals surface area contributed by atoms with Gasteiger partial charge in [0.2, 0.25) is 5.91 Å². The van der Waals surface area contributed by atoms with Gasteiger partial charge in [-0.05, 0) is 49.1 Å². The van der Waals surface area contributed by atoms with Crippen LogP contribution in [0.1, 0.15) is 42.4 Å². The van der Waals surface area contributed by atoms with Gasteiger partial charge in [0, 0.05) is 35.1 Å². The number of carbonyl (C=O) groups is 1. The topological polar surface area (TPSA) is 87.9 Å². The lowest BCUT2D eigenvalue weighted by molar-refractivity contribution is -0.141. The molecule has 1 fully saturated rings. The van der Waals surface area contributed by atoms with Gasteiger partial charge >= 0.3 is 6.18 Å². The Balaban J connectivity index is 1.43. The zero-order chi connectivity index (χ0) is 24.2. The fourth-order valence-corrected chi connectivity index (χ4v) is 4.85. The van der Waals surface area contributed by atoms with Crippen molar-refractivity contribution in [2.24, 2.45) is 0 Å². The molecule has 3 N–H and O–H groups in total. The zero-order valence-corrected chi connectivity index (χ0v) is 18.3. The van der Waals surface area contributed by atoms with E-state index in [1.165, 1.54) is 30.5 Å². The first-order valence-electron chi connectivity index (χ1n) is 10.5. The van der Waals surface area contributed by atoms with Crippen molar-refractivity contribution in [1.29, 1.82) is 0 Å². The highest BCUT2D eigenvalue weighted by Crippen LogP contribution is 2.44. The van der Waals surface area contributed by atoms with Gasteiger partial charge in [-0.15, -0.1) is 0 Å². The lowest BCUT2D eigenvalue weighted by Gasteiger charge is -2.33. The van der Waals surface area contributed by atoms with E-state index in [1.807, 2.05) is 0 Å². The first-order valence-corrected chi connectivity index (χ1v) is 10.9. The predicted molar refractivity (Wildman–Crippen MR) is 118 cm³/mol. The van der Waals surface area contributed by atoms with Gasteiger partial charge < -0.3 is 15.6 Å². The number of carbonyl (C=O) groups excluding carboxylic acids is 1. The van der Waals surface area contributed by atoms with Crippen LogP contribution in [0.2, 0.25) is 5.02 Å². The third-order valence-electron chi connectivity index (χ3n) is 6.23. The number of nitrogen functional groups attached to an aromatic ring is 1. The Bertz CT molecular complexity index is 1320. The zero-order valence-electron chi connectivity index (χ0n) is 17.5. The molecule has 4 heterocycles. The fraction of sp³-hybridized carbons (Fsp3) is 0.261. The Morgan fingerprint density at radius 1 is 1.18 bits per heavy atom. The van der Waals surface area contributed by atoms with E-state index < -0.39 is 17.7 Å². The summed E-state index contributed by atoms with van der Waals surface area (Å²) in [5.74, 6) is -0.495. The molecule has 2 aliphatic rings. The van der Waals surface area contributed by atoms with E-state index in [0.29, 0.717) is 36.4 Å². The molecule has 1 aromatic carbocycles. The van der Waals surface area contributed by atoms with E-state index >= 15 is 0 Å². The second-order valence-electron chi connectivity index (χ2n) is 8.30. The summed E-state index contributed by atoms with van der Waals surface area (Å²) in [6.07, 6.45) is 0.981. The number of fused-ring (bicyclic) bond motifs is 1. The van der Waals surface area contributed by atoms with Crippen molar-refractivity contribution < 1.29 is 22.4 Å². The number of rotatable bonds is 3. The second kappa shape index (κ2) is 8.12. The van der Waals surface area contributed by atoms with Crippen molar-refractivity contribution in [3.63, 3.8) is 0 Å². The third-order valence-corrected chi connectivity index (χ3v) is 6.52. The first-order chi connectivity index (χ1) is 16.1. The van der Waals surface area contributed by atoms with Crippen LogP contribution in [0.5, 0.6) is 0 Å². The van der Waals surface area contributed by atoms with Crippen molar-refractivity contribution in [3.8, 4) is 11.3 Å². The number of pyridine rings is 1. The molecule has 34 heavy (non-hydrogen) atoms. The van der Waals surface area contributed by atoms with Crippen molar-refractivity contribution >= 4 is 28.8 Å². The molecule has 1 amide bonds. The van der Waals surface area contributed by atoms with Crippen LogP contribution in [-0.2, 0) is 11.0 Å². The molecule has 1 saturated heterocycles. The normalized spacial score (nSPS) is 20.4. The number of alkyl halides is 3. The van der Waals surface area contributed by atoms with Gasteiger partial charge in [0.15, 0.2) is 5.82 Å². The molecule has 2 atom stereocenters. The van der Waals surface area contributed by atoms with Gasteiger partial charge in [-0.1, -0.05) is 11.6 Å². The minimum absolute atomic E-state index is 0.0721. The van der Waals surface area contributed by atoms with E-state index in [4.69, 9.17) is 17.3 Å². The molecule has 0 aliphatic carbocycles. The molecule has 11 heteroatoms. The largest absolute Gasteiger partial charge is 0.433 e. The number of anilines is 1. The Labute approximate surface area is 196 Å². The number of halogens is 5. The smallest absolute Gasteiger partial charge is 0.398 e. The van der Waals surface area contributed by atoms with E-state index in [9.17, 15) is 22.4 Å². The summed E-state index contributed by atoms with van der Waals surface area (Å²) in [5, 5.41) is -0.0721. The van der Waals surface area contributed by atoms with Crippen LogP contribution >= 0.6 is 11.6 Å². The van der Waals surface area contributed by atoms with E-state index in [2.05, 4.69) is 15.0 Å². The maximum absolute atomic E-state index is 14.7. The molecule has 0 saturated carbocycles. The standard InChI is InChI=1S/C23H18ClF4N5O/c24-14-2-3-15(29)20(21(14)25)12-7-13-1-4-17(33(13)19(34)9-12)22-31-10-16(32-22)11-5-6-30-18(8-11)23(26,27)28/h2-3,5-6,8-10,13,17H,1,4,7,29H2,(H,31,32)/t13?,17-/m0/s1. The molecule has 2 aliphatic heterocycles. The van der Waals surface area contributed by atoms with E-state index in [-0.39, 0.29) is 39.8 Å². The monoisotopic (exact) mass is 491 g/mol. The summed E-state index contributed by atoms with van der Waals surface area (Å²) in [7, 11) is 0. The average Bonchev–Trinajstić information content (AvgIpc) is 3.44. The number of benzene rings is 1. The molecule has 0 spiro atoms. The molecule has 0 bridgehead atoms. The lowest BCUT2D eigenvalue weighted by atomic mass is 9.92. The second-order valence-corrected chi connectivity index (χ2v) is 8.71. The predicted octanol–water partition coefficient (Wildman–Crippen LogP) is 5.38. The highest BCUT2D eigenvalue weighted by Gasteiger charge is 2.42. The van der Waals surface area contributed by atoms with Crippen LogP contribution in [0, 0.1) is 5.82 Å². The number of hydrogen-bond donors (Lipinski definition) is 2. The van der Waals surface area contributed by atoms with Gasteiger partial charge in [0.1, 0.15) is 11.5 Å². The highest BCUT2D eigenvalue weighted by molar-refractivity contribution is 6.31. The van der Waals surface area contributed by atoms with E-state index in [0.717, 1.165) is 12.3 Å².